The standard InChI is InChI=1S/C13H16O10/c1-8(14)3-10(16)20-6-22-12(18)5-13(19)23-7-21-11(17)4-9(2)15/h3-7H2,1-2H3. The first-order chi connectivity index (χ1) is 10.7. The van der Waals surface area contributed by atoms with Crippen molar-refractivity contribution in [3.05, 3.63) is 0 Å². The van der Waals surface area contributed by atoms with Crippen molar-refractivity contribution < 1.29 is 47.7 Å². The van der Waals surface area contributed by atoms with Crippen LogP contribution in [-0.4, -0.2) is 49.0 Å². The Hall–Kier alpha value is -2.78. The summed E-state index contributed by atoms with van der Waals surface area (Å²) < 4.78 is 17.6. The molecule has 0 aromatic heterocycles. The van der Waals surface area contributed by atoms with Gasteiger partial charge in [-0.15, -0.1) is 0 Å². The first kappa shape index (κ1) is 20.2. The summed E-state index contributed by atoms with van der Waals surface area (Å²) in [7, 11) is 0. The SMILES string of the molecule is CC(=O)CC(=O)OCOC(=O)CC(=O)OCOC(=O)CC(C)=O. The van der Waals surface area contributed by atoms with Gasteiger partial charge in [-0.2, -0.15) is 0 Å². The van der Waals surface area contributed by atoms with Gasteiger partial charge in [-0.3, -0.25) is 28.8 Å². The molecule has 10 heteroatoms. The van der Waals surface area contributed by atoms with Crippen molar-refractivity contribution >= 4 is 35.4 Å². The number of rotatable bonds is 10. The summed E-state index contributed by atoms with van der Waals surface area (Å²) in [5, 5.41) is 0. The van der Waals surface area contributed by atoms with Crippen molar-refractivity contribution in [2.75, 3.05) is 13.6 Å². The summed E-state index contributed by atoms with van der Waals surface area (Å²) in [5.41, 5.74) is 0. The lowest BCUT2D eigenvalue weighted by Crippen LogP contribution is -2.19. The molecule has 0 saturated carbocycles. The second-order valence-corrected chi connectivity index (χ2v) is 4.24. The number of ether oxygens (including phenoxy) is 4. The number of ketones is 2. The predicted octanol–water partition coefficient (Wildman–Crippen LogP) is -0.578. The lowest BCUT2D eigenvalue weighted by molar-refractivity contribution is -0.173. The quantitative estimate of drug-likeness (QED) is 0.290. The van der Waals surface area contributed by atoms with Gasteiger partial charge in [0.2, 0.25) is 13.6 Å². The van der Waals surface area contributed by atoms with Gasteiger partial charge in [0, 0.05) is 0 Å². The third-order valence-electron chi connectivity index (χ3n) is 1.95. The van der Waals surface area contributed by atoms with Crippen LogP contribution in [0.5, 0.6) is 0 Å². The van der Waals surface area contributed by atoms with Crippen LogP contribution in [0.4, 0.5) is 0 Å². The summed E-state index contributed by atoms with van der Waals surface area (Å²) in [6, 6.07) is 0. The highest BCUT2D eigenvalue weighted by Crippen LogP contribution is 1.95. The van der Waals surface area contributed by atoms with Crippen LogP contribution in [0.25, 0.3) is 0 Å². The summed E-state index contributed by atoms with van der Waals surface area (Å²) in [6.07, 6.45) is -1.70. The van der Waals surface area contributed by atoms with E-state index < -0.39 is 68.3 Å². The van der Waals surface area contributed by atoms with Gasteiger partial charge in [0.1, 0.15) is 30.8 Å². The number of carbonyl (C=O) groups excluding carboxylic acids is 6. The Balaban J connectivity index is 3.79. The Kier molecular flexibility index (Phi) is 9.56. The van der Waals surface area contributed by atoms with E-state index in [4.69, 9.17) is 0 Å². The third-order valence-corrected chi connectivity index (χ3v) is 1.95. The molecule has 0 bridgehead atoms. The van der Waals surface area contributed by atoms with Crippen LogP contribution in [0.1, 0.15) is 33.1 Å². The van der Waals surface area contributed by atoms with Crippen LogP contribution < -0.4 is 0 Å². The zero-order valence-corrected chi connectivity index (χ0v) is 12.6. The molecule has 0 unspecified atom stereocenters. The highest BCUT2D eigenvalue weighted by Gasteiger charge is 2.14. The second-order valence-electron chi connectivity index (χ2n) is 4.24. The van der Waals surface area contributed by atoms with Gasteiger partial charge in [0.05, 0.1) is 0 Å². The zero-order chi connectivity index (χ0) is 17.8. The maximum absolute atomic E-state index is 11.2. The van der Waals surface area contributed by atoms with Gasteiger partial charge in [0.15, 0.2) is 0 Å². The Bertz CT molecular complexity index is 449. The minimum atomic E-state index is -1.04. The van der Waals surface area contributed by atoms with Gasteiger partial charge in [-0.25, -0.2) is 0 Å². The fraction of sp³-hybridized carbons (Fsp3) is 0.538. The largest absolute Gasteiger partial charge is 0.428 e. The van der Waals surface area contributed by atoms with E-state index in [1.54, 1.807) is 0 Å². The van der Waals surface area contributed by atoms with Crippen LogP contribution in [0.15, 0.2) is 0 Å². The molecule has 0 aliphatic rings. The number of hydrogen-bond donors (Lipinski definition) is 0. The van der Waals surface area contributed by atoms with Gasteiger partial charge >= 0.3 is 23.9 Å². The minimum Gasteiger partial charge on any atom is -0.428 e. The monoisotopic (exact) mass is 332 g/mol. The first-order valence-corrected chi connectivity index (χ1v) is 6.32. The lowest BCUT2D eigenvalue weighted by Gasteiger charge is -2.06. The van der Waals surface area contributed by atoms with Gasteiger partial charge in [-0.05, 0) is 13.8 Å². The van der Waals surface area contributed by atoms with E-state index in [0.29, 0.717) is 0 Å². The molecule has 0 fully saturated rings. The number of esters is 4. The Labute approximate surface area is 131 Å². The van der Waals surface area contributed by atoms with Crippen molar-refractivity contribution in [1.29, 1.82) is 0 Å². The molecule has 0 aliphatic heterocycles. The number of carbonyl (C=O) groups is 6. The topological polar surface area (TPSA) is 139 Å². The number of hydrogen-bond acceptors (Lipinski definition) is 10. The van der Waals surface area contributed by atoms with Crippen LogP contribution in [0, 0.1) is 0 Å². The van der Waals surface area contributed by atoms with Crippen molar-refractivity contribution in [1.82, 2.24) is 0 Å². The molecule has 10 nitrogen and oxygen atoms in total. The summed E-state index contributed by atoms with van der Waals surface area (Å²) in [4.78, 5) is 65.4. The van der Waals surface area contributed by atoms with E-state index in [2.05, 4.69) is 18.9 Å². The lowest BCUT2D eigenvalue weighted by atomic mass is 10.3. The minimum absolute atomic E-state index is 0.413. The molecule has 0 spiro atoms. The predicted molar refractivity (Wildman–Crippen MR) is 69.3 cm³/mol. The maximum Gasteiger partial charge on any atom is 0.320 e. The average molecular weight is 332 g/mol. The van der Waals surface area contributed by atoms with Crippen molar-refractivity contribution in [3.63, 3.8) is 0 Å². The third kappa shape index (κ3) is 12.7. The molecule has 0 aromatic rings. The molecule has 0 N–H and O–H groups in total. The molecular weight excluding hydrogens is 316 g/mol. The van der Waals surface area contributed by atoms with Crippen molar-refractivity contribution in [3.8, 4) is 0 Å². The van der Waals surface area contributed by atoms with Crippen LogP contribution in [0.3, 0.4) is 0 Å². The molecule has 0 radical (unpaired) electrons. The molecule has 128 valence electrons. The van der Waals surface area contributed by atoms with Crippen molar-refractivity contribution in [2.45, 2.75) is 33.1 Å². The van der Waals surface area contributed by atoms with E-state index in [0.717, 1.165) is 0 Å². The Morgan fingerprint density at radius 3 is 1.04 bits per heavy atom. The molecule has 23 heavy (non-hydrogen) atoms. The molecule has 0 saturated heterocycles. The normalized spacial score (nSPS) is 9.48. The van der Waals surface area contributed by atoms with E-state index in [-0.39, 0.29) is 0 Å². The van der Waals surface area contributed by atoms with Gasteiger partial charge in [0.25, 0.3) is 0 Å². The molecule has 0 rings (SSSR count). The molecule has 0 aromatic carbocycles. The highest BCUT2D eigenvalue weighted by atomic mass is 16.7. The molecule has 0 amide bonds. The fourth-order valence-electron chi connectivity index (χ4n) is 1.05. The molecule has 0 heterocycles. The second kappa shape index (κ2) is 10.9. The summed E-state index contributed by atoms with van der Waals surface area (Å²) in [6.45, 7) is 0.886. The van der Waals surface area contributed by atoms with Crippen LogP contribution in [0.2, 0.25) is 0 Å². The molecule has 0 aliphatic carbocycles. The molecular formula is C13H16O10. The van der Waals surface area contributed by atoms with E-state index in [1.807, 2.05) is 0 Å². The van der Waals surface area contributed by atoms with E-state index in [1.165, 1.54) is 13.8 Å². The average Bonchev–Trinajstić information content (AvgIpc) is 2.36. The van der Waals surface area contributed by atoms with Crippen LogP contribution >= 0.6 is 0 Å². The van der Waals surface area contributed by atoms with E-state index >= 15 is 0 Å². The smallest absolute Gasteiger partial charge is 0.320 e. The van der Waals surface area contributed by atoms with Crippen molar-refractivity contribution in [2.24, 2.45) is 0 Å². The van der Waals surface area contributed by atoms with Gasteiger partial charge in [-0.1, -0.05) is 0 Å². The first-order valence-electron chi connectivity index (χ1n) is 6.32. The summed E-state index contributed by atoms with van der Waals surface area (Å²) in [5.74, 6) is -4.65. The molecule has 0 atom stereocenters. The zero-order valence-electron chi connectivity index (χ0n) is 12.6. The van der Waals surface area contributed by atoms with E-state index in [9.17, 15) is 28.8 Å². The van der Waals surface area contributed by atoms with Gasteiger partial charge < -0.3 is 18.9 Å². The number of Topliss-reactive ketones (excluding diaryl/α,β-unsaturated/α-hetero) is 2. The fourth-order valence-corrected chi connectivity index (χ4v) is 1.05. The van der Waals surface area contributed by atoms with Crippen LogP contribution in [-0.2, 0) is 47.7 Å². The summed E-state index contributed by atoms with van der Waals surface area (Å²) >= 11 is 0. The highest BCUT2D eigenvalue weighted by molar-refractivity contribution is 5.95. The maximum atomic E-state index is 11.2. The Morgan fingerprint density at radius 1 is 0.522 bits per heavy atom. The Morgan fingerprint density at radius 2 is 0.783 bits per heavy atom.